The number of benzene rings is 1. The van der Waals surface area contributed by atoms with E-state index in [0.29, 0.717) is 12.5 Å². The molecule has 1 fully saturated rings. The van der Waals surface area contributed by atoms with Gasteiger partial charge in [0, 0.05) is 18.2 Å². The number of nitrogens with one attached hydrogen (secondary N) is 2. The predicted octanol–water partition coefficient (Wildman–Crippen LogP) is 3.71. The van der Waals surface area contributed by atoms with Crippen molar-refractivity contribution in [2.75, 3.05) is 11.9 Å². The number of hydrogen-bond acceptors (Lipinski definition) is 2. The Hall–Kier alpha value is -1.65. The molecule has 1 amide bonds. The number of anilines is 1. The van der Waals surface area contributed by atoms with E-state index in [4.69, 9.17) is 0 Å². The third kappa shape index (κ3) is 3.93. The van der Waals surface area contributed by atoms with Crippen molar-refractivity contribution in [2.24, 2.45) is 5.92 Å². The van der Waals surface area contributed by atoms with Crippen LogP contribution in [0, 0.1) is 17.6 Å². The Balaban J connectivity index is 2.07. The van der Waals surface area contributed by atoms with E-state index in [1.807, 2.05) is 6.92 Å². The quantitative estimate of drug-likeness (QED) is 0.869. The minimum absolute atomic E-state index is 0.0339. The van der Waals surface area contributed by atoms with E-state index in [1.165, 1.54) is 0 Å². The van der Waals surface area contributed by atoms with Crippen LogP contribution in [-0.4, -0.2) is 18.5 Å². The average molecular weight is 296 g/mol. The molecule has 0 aromatic heterocycles. The Morgan fingerprint density at radius 3 is 2.48 bits per heavy atom. The van der Waals surface area contributed by atoms with Gasteiger partial charge in [0.05, 0.1) is 0 Å². The number of carbonyl (C=O) groups excluding carboxylic acids is 1. The largest absolute Gasteiger partial charge is 0.380 e. The fraction of sp³-hybridized carbons (Fsp3) is 0.562. The van der Waals surface area contributed by atoms with Crippen LogP contribution in [0.2, 0.25) is 0 Å². The molecule has 0 spiro atoms. The second-order valence-electron chi connectivity index (χ2n) is 5.83. The molecule has 21 heavy (non-hydrogen) atoms. The molecule has 5 heteroatoms. The molecule has 1 aliphatic rings. The highest BCUT2D eigenvalue weighted by atomic mass is 19.1. The molecule has 0 aliphatic heterocycles. The highest BCUT2D eigenvalue weighted by Crippen LogP contribution is 2.25. The lowest BCUT2D eigenvalue weighted by Gasteiger charge is -2.14. The first kappa shape index (κ1) is 15.7. The maximum atomic E-state index is 13.9. The topological polar surface area (TPSA) is 41.1 Å². The van der Waals surface area contributed by atoms with E-state index in [-0.39, 0.29) is 17.3 Å². The van der Waals surface area contributed by atoms with Gasteiger partial charge >= 0.3 is 0 Å². The van der Waals surface area contributed by atoms with Crippen molar-refractivity contribution in [2.45, 2.75) is 45.6 Å². The molecule has 2 unspecified atom stereocenters. The van der Waals surface area contributed by atoms with Gasteiger partial charge in [0.1, 0.15) is 17.3 Å². The lowest BCUT2D eigenvalue weighted by Crippen LogP contribution is -2.33. The van der Waals surface area contributed by atoms with Crippen LogP contribution >= 0.6 is 0 Å². The Kier molecular flexibility index (Phi) is 5.15. The second kappa shape index (κ2) is 6.87. The third-order valence-electron chi connectivity index (χ3n) is 3.89. The van der Waals surface area contributed by atoms with Crippen LogP contribution in [0.25, 0.3) is 0 Å². The lowest BCUT2D eigenvalue weighted by atomic mass is 10.1. The summed E-state index contributed by atoms with van der Waals surface area (Å²) in [4.78, 5) is 12.1. The SMILES string of the molecule is CCCNc1c(F)cc(C(=O)NC2CCC(C)C2)cc1F. The molecule has 0 bridgehead atoms. The molecule has 1 aliphatic carbocycles. The first-order valence-electron chi connectivity index (χ1n) is 7.55. The molecule has 0 radical (unpaired) electrons. The first-order chi connectivity index (χ1) is 10.0. The van der Waals surface area contributed by atoms with Crippen molar-refractivity contribution in [3.05, 3.63) is 29.3 Å². The van der Waals surface area contributed by atoms with Gasteiger partial charge in [-0.1, -0.05) is 13.8 Å². The fourth-order valence-electron chi connectivity index (χ4n) is 2.73. The number of hydrogen-bond donors (Lipinski definition) is 2. The highest BCUT2D eigenvalue weighted by molar-refractivity contribution is 5.94. The van der Waals surface area contributed by atoms with E-state index in [0.717, 1.165) is 37.8 Å². The smallest absolute Gasteiger partial charge is 0.251 e. The number of carbonyl (C=O) groups is 1. The molecule has 1 aromatic rings. The van der Waals surface area contributed by atoms with Gasteiger partial charge in [0.15, 0.2) is 0 Å². The maximum Gasteiger partial charge on any atom is 0.251 e. The third-order valence-corrected chi connectivity index (χ3v) is 3.89. The van der Waals surface area contributed by atoms with Gasteiger partial charge in [0.25, 0.3) is 5.91 Å². The minimum Gasteiger partial charge on any atom is -0.380 e. The van der Waals surface area contributed by atoms with Gasteiger partial charge in [-0.2, -0.15) is 0 Å². The molecule has 3 nitrogen and oxygen atoms in total. The van der Waals surface area contributed by atoms with E-state index in [2.05, 4.69) is 17.6 Å². The Bertz CT molecular complexity index is 496. The molecule has 1 aromatic carbocycles. The number of halogens is 2. The average Bonchev–Trinajstić information content (AvgIpc) is 2.83. The van der Waals surface area contributed by atoms with Crippen molar-refractivity contribution < 1.29 is 13.6 Å². The number of rotatable bonds is 5. The summed E-state index contributed by atoms with van der Waals surface area (Å²) in [6, 6.07) is 2.29. The zero-order valence-electron chi connectivity index (χ0n) is 12.5. The molecular formula is C16H22F2N2O. The van der Waals surface area contributed by atoms with Gasteiger partial charge in [-0.3, -0.25) is 4.79 Å². The molecule has 2 rings (SSSR count). The molecule has 2 N–H and O–H groups in total. The van der Waals surface area contributed by atoms with Crippen LogP contribution in [0.15, 0.2) is 12.1 Å². The van der Waals surface area contributed by atoms with Crippen LogP contribution in [-0.2, 0) is 0 Å². The summed E-state index contributed by atoms with van der Waals surface area (Å²) in [5, 5.41) is 5.54. The Morgan fingerprint density at radius 1 is 1.29 bits per heavy atom. The van der Waals surface area contributed by atoms with E-state index >= 15 is 0 Å². The second-order valence-corrected chi connectivity index (χ2v) is 5.83. The fourth-order valence-corrected chi connectivity index (χ4v) is 2.73. The molecule has 2 atom stereocenters. The normalized spacial score (nSPS) is 21.3. The van der Waals surface area contributed by atoms with Crippen LogP contribution < -0.4 is 10.6 Å². The highest BCUT2D eigenvalue weighted by Gasteiger charge is 2.24. The van der Waals surface area contributed by atoms with Crippen molar-refractivity contribution in [3.63, 3.8) is 0 Å². The van der Waals surface area contributed by atoms with Crippen molar-refractivity contribution >= 4 is 11.6 Å². The summed E-state index contributed by atoms with van der Waals surface area (Å²) in [7, 11) is 0. The Morgan fingerprint density at radius 2 is 1.95 bits per heavy atom. The summed E-state index contributed by atoms with van der Waals surface area (Å²) in [6.07, 6.45) is 3.69. The summed E-state index contributed by atoms with van der Waals surface area (Å²) in [6.45, 7) is 4.53. The van der Waals surface area contributed by atoms with Crippen LogP contribution in [0.1, 0.15) is 49.9 Å². The summed E-state index contributed by atoms with van der Waals surface area (Å²) in [5.74, 6) is -1.28. The monoisotopic (exact) mass is 296 g/mol. The summed E-state index contributed by atoms with van der Waals surface area (Å²) >= 11 is 0. The molecule has 1 saturated carbocycles. The van der Waals surface area contributed by atoms with Crippen molar-refractivity contribution in [1.82, 2.24) is 5.32 Å². The van der Waals surface area contributed by atoms with E-state index in [1.54, 1.807) is 0 Å². The molecule has 0 heterocycles. The van der Waals surface area contributed by atoms with Crippen molar-refractivity contribution in [3.8, 4) is 0 Å². The zero-order valence-corrected chi connectivity index (χ0v) is 12.5. The summed E-state index contributed by atoms with van der Waals surface area (Å²) < 4.78 is 27.8. The summed E-state index contributed by atoms with van der Waals surface area (Å²) in [5.41, 5.74) is -0.130. The van der Waals surface area contributed by atoms with E-state index < -0.39 is 17.5 Å². The standard InChI is InChI=1S/C16H22F2N2O/c1-3-6-19-15-13(17)8-11(9-14(15)18)16(21)20-12-5-4-10(2)7-12/h8-10,12,19H,3-7H2,1-2H3,(H,20,21). The first-order valence-corrected chi connectivity index (χ1v) is 7.55. The Labute approximate surface area is 124 Å². The van der Waals surface area contributed by atoms with Gasteiger partial charge < -0.3 is 10.6 Å². The van der Waals surface area contributed by atoms with Crippen LogP contribution in [0.5, 0.6) is 0 Å². The van der Waals surface area contributed by atoms with Gasteiger partial charge in [-0.25, -0.2) is 8.78 Å². The van der Waals surface area contributed by atoms with Crippen molar-refractivity contribution in [1.29, 1.82) is 0 Å². The zero-order chi connectivity index (χ0) is 15.4. The molecule has 116 valence electrons. The number of amides is 1. The minimum atomic E-state index is -0.728. The molecular weight excluding hydrogens is 274 g/mol. The lowest BCUT2D eigenvalue weighted by molar-refractivity contribution is 0.0936. The van der Waals surface area contributed by atoms with E-state index in [9.17, 15) is 13.6 Å². The van der Waals surface area contributed by atoms with Gasteiger partial charge in [0.2, 0.25) is 0 Å². The van der Waals surface area contributed by atoms with Gasteiger partial charge in [-0.15, -0.1) is 0 Å². The predicted molar refractivity (Wildman–Crippen MR) is 79.4 cm³/mol. The van der Waals surface area contributed by atoms with Crippen LogP contribution in [0.3, 0.4) is 0 Å². The van der Waals surface area contributed by atoms with Gasteiger partial charge in [-0.05, 0) is 43.7 Å². The maximum absolute atomic E-state index is 13.9. The van der Waals surface area contributed by atoms with Crippen LogP contribution in [0.4, 0.5) is 14.5 Å². The molecule has 0 saturated heterocycles.